The minimum Gasteiger partial charge on any atom is -0.451 e. The van der Waals surface area contributed by atoms with Crippen LogP contribution in [0.2, 0.25) is 0 Å². The second kappa shape index (κ2) is 9.01. The summed E-state index contributed by atoms with van der Waals surface area (Å²) in [6, 6.07) is 16.2. The van der Waals surface area contributed by atoms with Gasteiger partial charge in [0.1, 0.15) is 6.54 Å². The molecule has 1 aromatic heterocycles. The fraction of sp³-hybridized carbons (Fsp3) is 0.238. The third-order valence-corrected chi connectivity index (χ3v) is 4.21. The minimum absolute atomic E-state index is 0.102. The molecule has 0 radical (unpaired) electrons. The van der Waals surface area contributed by atoms with Gasteiger partial charge in [0, 0.05) is 11.3 Å². The van der Waals surface area contributed by atoms with E-state index < -0.39 is 30.3 Å². The molecule has 0 bridgehead atoms. The number of hydrogen-bond donors (Lipinski definition) is 1. The van der Waals surface area contributed by atoms with Crippen molar-refractivity contribution < 1.29 is 18.7 Å². The first-order valence-corrected chi connectivity index (χ1v) is 9.19. The molecular weight excluding hydrogens is 374 g/mol. The van der Waals surface area contributed by atoms with Gasteiger partial charge in [-0.3, -0.25) is 9.59 Å². The van der Waals surface area contributed by atoms with Crippen LogP contribution < -0.4 is 11.1 Å². The third-order valence-electron chi connectivity index (χ3n) is 4.21. The molecule has 0 fully saturated rings. The van der Waals surface area contributed by atoms with Crippen molar-refractivity contribution in [2.24, 2.45) is 0 Å². The van der Waals surface area contributed by atoms with Gasteiger partial charge in [-0.25, -0.2) is 4.79 Å². The Morgan fingerprint density at radius 2 is 1.83 bits per heavy atom. The van der Waals surface area contributed by atoms with E-state index in [2.05, 4.69) is 10.4 Å². The highest BCUT2D eigenvalue weighted by Gasteiger charge is 2.20. The Morgan fingerprint density at radius 3 is 2.48 bits per heavy atom. The molecule has 150 valence electrons. The summed E-state index contributed by atoms with van der Waals surface area (Å²) in [5.41, 5.74) is 2.37. The number of rotatable bonds is 7. The number of aromatic nitrogens is 2. The van der Waals surface area contributed by atoms with E-state index in [0.29, 0.717) is 11.3 Å². The quantitative estimate of drug-likeness (QED) is 0.617. The van der Waals surface area contributed by atoms with Crippen LogP contribution in [0.3, 0.4) is 0 Å². The maximum absolute atomic E-state index is 12.2. The Hall–Kier alpha value is -3.68. The molecular formula is C21H21N3O5. The summed E-state index contributed by atoms with van der Waals surface area (Å²) < 4.78 is 11.0. The molecule has 0 aliphatic heterocycles. The number of carbonyl (C=O) groups is 2. The Morgan fingerprint density at radius 1 is 1.14 bits per heavy atom. The van der Waals surface area contributed by atoms with Crippen molar-refractivity contribution in [3.05, 3.63) is 70.7 Å². The van der Waals surface area contributed by atoms with E-state index in [1.54, 1.807) is 36.4 Å². The first kappa shape index (κ1) is 20.1. The number of ether oxygens (including phenoxy) is 1. The largest absolute Gasteiger partial charge is 0.451 e. The van der Waals surface area contributed by atoms with Crippen molar-refractivity contribution in [3.8, 4) is 11.5 Å². The van der Waals surface area contributed by atoms with Crippen LogP contribution in [-0.2, 0) is 27.3 Å². The molecule has 0 saturated heterocycles. The van der Waals surface area contributed by atoms with E-state index in [-0.39, 0.29) is 5.89 Å². The van der Waals surface area contributed by atoms with E-state index in [9.17, 15) is 14.4 Å². The lowest BCUT2D eigenvalue weighted by Crippen LogP contribution is -2.32. The second-order valence-corrected chi connectivity index (χ2v) is 6.37. The lowest BCUT2D eigenvalue weighted by Gasteiger charge is -2.13. The molecule has 1 N–H and O–H groups in total. The molecule has 8 heteroatoms. The van der Waals surface area contributed by atoms with Crippen molar-refractivity contribution in [3.63, 3.8) is 0 Å². The molecule has 29 heavy (non-hydrogen) atoms. The lowest BCUT2D eigenvalue weighted by atomic mass is 10.1. The van der Waals surface area contributed by atoms with Crippen LogP contribution >= 0.6 is 0 Å². The number of nitrogens with zero attached hydrogens (tertiary/aromatic N) is 2. The van der Waals surface area contributed by atoms with Gasteiger partial charge in [0.25, 0.3) is 5.91 Å². The van der Waals surface area contributed by atoms with Crippen LogP contribution in [0.15, 0.2) is 63.8 Å². The van der Waals surface area contributed by atoms with Crippen molar-refractivity contribution in [2.75, 3.05) is 5.32 Å². The number of nitrogens with one attached hydrogen (secondary N) is 1. The molecule has 3 rings (SSSR count). The van der Waals surface area contributed by atoms with Crippen molar-refractivity contribution in [2.45, 2.75) is 32.9 Å². The lowest BCUT2D eigenvalue weighted by molar-refractivity contribution is -0.154. The smallest absolute Gasteiger partial charge is 0.437 e. The number of anilines is 1. The Kier molecular flexibility index (Phi) is 6.23. The van der Waals surface area contributed by atoms with Gasteiger partial charge < -0.3 is 14.5 Å². The number of benzene rings is 2. The topological polar surface area (TPSA) is 103 Å². The number of amides is 1. The molecule has 0 saturated carbocycles. The van der Waals surface area contributed by atoms with E-state index >= 15 is 0 Å². The van der Waals surface area contributed by atoms with E-state index in [1.165, 1.54) is 6.92 Å². The van der Waals surface area contributed by atoms with Gasteiger partial charge in [-0.05, 0) is 43.2 Å². The normalized spacial score (nSPS) is 11.7. The summed E-state index contributed by atoms with van der Waals surface area (Å²) in [5, 5.41) is 6.67. The first-order chi connectivity index (χ1) is 14.0. The Balaban J connectivity index is 1.57. The maximum atomic E-state index is 12.2. The number of aryl methyl sites for hydroxylation is 1. The molecule has 1 heterocycles. The summed E-state index contributed by atoms with van der Waals surface area (Å²) in [6.07, 6.45) is -0.139. The van der Waals surface area contributed by atoms with Crippen molar-refractivity contribution >= 4 is 17.6 Å². The van der Waals surface area contributed by atoms with Crippen LogP contribution in [0, 0.1) is 0 Å². The molecule has 8 nitrogen and oxygen atoms in total. The molecule has 1 atom stereocenters. The highest BCUT2D eigenvalue weighted by Crippen LogP contribution is 2.14. The highest BCUT2D eigenvalue weighted by molar-refractivity contribution is 5.95. The highest BCUT2D eigenvalue weighted by atomic mass is 16.5. The van der Waals surface area contributed by atoms with Gasteiger partial charge in [0.15, 0.2) is 6.10 Å². The van der Waals surface area contributed by atoms with Crippen LogP contribution in [-0.4, -0.2) is 27.8 Å². The van der Waals surface area contributed by atoms with Crippen LogP contribution in [0.25, 0.3) is 11.5 Å². The average Bonchev–Trinajstić information content (AvgIpc) is 3.09. The number of esters is 1. The monoisotopic (exact) mass is 395 g/mol. The zero-order valence-corrected chi connectivity index (χ0v) is 16.1. The van der Waals surface area contributed by atoms with Gasteiger partial charge in [0.2, 0.25) is 5.89 Å². The zero-order valence-electron chi connectivity index (χ0n) is 16.1. The summed E-state index contributed by atoms with van der Waals surface area (Å²) in [7, 11) is 0. The summed E-state index contributed by atoms with van der Waals surface area (Å²) in [4.78, 5) is 36.2. The second-order valence-electron chi connectivity index (χ2n) is 6.37. The van der Waals surface area contributed by atoms with E-state index in [4.69, 9.17) is 9.15 Å². The van der Waals surface area contributed by atoms with Gasteiger partial charge in [-0.15, -0.1) is 5.10 Å². The third kappa shape index (κ3) is 5.19. The molecule has 1 amide bonds. The molecule has 2 aromatic carbocycles. The van der Waals surface area contributed by atoms with Crippen molar-refractivity contribution in [1.29, 1.82) is 0 Å². The van der Waals surface area contributed by atoms with Gasteiger partial charge in [-0.2, -0.15) is 4.68 Å². The summed E-state index contributed by atoms with van der Waals surface area (Å²) >= 11 is 0. The molecule has 0 spiro atoms. The maximum Gasteiger partial charge on any atom is 0.437 e. The molecule has 3 aromatic rings. The summed E-state index contributed by atoms with van der Waals surface area (Å²) in [6.45, 7) is 3.03. The summed E-state index contributed by atoms with van der Waals surface area (Å²) in [5.74, 6) is -1.93. The molecule has 0 aliphatic rings. The fourth-order valence-electron chi connectivity index (χ4n) is 2.58. The van der Waals surface area contributed by atoms with E-state index in [1.807, 2.05) is 25.1 Å². The predicted molar refractivity (Wildman–Crippen MR) is 106 cm³/mol. The average molecular weight is 395 g/mol. The zero-order chi connectivity index (χ0) is 20.8. The van der Waals surface area contributed by atoms with Crippen LogP contribution in [0.1, 0.15) is 19.4 Å². The van der Waals surface area contributed by atoms with E-state index in [0.717, 1.165) is 16.7 Å². The number of carbonyl (C=O) groups excluding carboxylic acids is 2. The van der Waals surface area contributed by atoms with Gasteiger partial charge in [-0.1, -0.05) is 37.3 Å². The standard InChI is InChI=1S/C21H21N3O5/c1-3-15-9-11-17(12-10-15)22-19(26)14(2)28-18(25)13-24-21(27)29-20(23-24)16-7-5-4-6-8-16/h4-12,14H,3,13H2,1-2H3,(H,22,26)/t14-/m0/s1. The fourth-order valence-corrected chi connectivity index (χ4v) is 2.58. The SMILES string of the molecule is CCc1ccc(NC(=O)[C@H](C)OC(=O)Cn2nc(-c3ccccc3)oc2=O)cc1. The van der Waals surface area contributed by atoms with Crippen LogP contribution in [0.4, 0.5) is 5.69 Å². The van der Waals surface area contributed by atoms with Crippen molar-refractivity contribution in [1.82, 2.24) is 9.78 Å². The number of hydrogen-bond acceptors (Lipinski definition) is 6. The first-order valence-electron chi connectivity index (χ1n) is 9.19. The van der Waals surface area contributed by atoms with Crippen LogP contribution in [0.5, 0.6) is 0 Å². The molecule has 0 unspecified atom stereocenters. The van der Waals surface area contributed by atoms with Gasteiger partial charge >= 0.3 is 11.7 Å². The minimum atomic E-state index is -1.04. The van der Waals surface area contributed by atoms with Gasteiger partial charge in [0.05, 0.1) is 0 Å². The Bertz CT molecular complexity index is 1040. The molecule has 0 aliphatic carbocycles. The predicted octanol–water partition coefficient (Wildman–Crippen LogP) is 2.64. The Labute approximate surface area is 167 Å².